The summed E-state index contributed by atoms with van der Waals surface area (Å²) in [5, 5.41) is 16.0. The van der Waals surface area contributed by atoms with Crippen LogP contribution < -0.4 is 10.6 Å². The molecule has 106 valence electrons. The highest BCUT2D eigenvalue weighted by Gasteiger charge is 2.31. The van der Waals surface area contributed by atoms with Crippen molar-refractivity contribution < 1.29 is 4.39 Å². The summed E-state index contributed by atoms with van der Waals surface area (Å²) < 4.78 is 13.6. The third-order valence-electron chi connectivity index (χ3n) is 4.43. The van der Waals surface area contributed by atoms with Crippen molar-refractivity contribution in [1.82, 2.24) is 15.5 Å². The van der Waals surface area contributed by atoms with Gasteiger partial charge in [-0.25, -0.2) is 4.39 Å². The van der Waals surface area contributed by atoms with E-state index < -0.39 is 5.82 Å². The van der Waals surface area contributed by atoms with E-state index in [0.29, 0.717) is 6.04 Å². The topological polar surface area (TPSA) is 51.1 Å². The van der Waals surface area contributed by atoms with Crippen LogP contribution in [-0.4, -0.2) is 43.7 Å². The molecule has 2 heterocycles. The molecule has 20 heavy (non-hydrogen) atoms. The molecule has 2 aliphatic rings. The number of halogens is 1. The first kappa shape index (κ1) is 13.5. The van der Waals surface area contributed by atoms with Gasteiger partial charge in [-0.05, 0) is 24.1 Å². The Morgan fingerprint density at radius 2 is 2.25 bits per heavy atom. The van der Waals surface area contributed by atoms with Gasteiger partial charge in [-0.15, -0.1) is 0 Å². The van der Waals surface area contributed by atoms with E-state index >= 15 is 0 Å². The van der Waals surface area contributed by atoms with Crippen molar-refractivity contribution in [3.05, 3.63) is 34.6 Å². The monoisotopic (exact) mass is 274 g/mol. The lowest BCUT2D eigenvalue weighted by Gasteiger charge is -2.43. The smallest absolute Gasteiger partial charge is 0.141 e. The summed E-state index contributed by atoms with van der Waals surface area (Å²) in [6.07, 6.45) is 0. The number of benzene rings is 1. The second kappa shape index (κ2) is 5.49. The van der Waals surface area contributed by atoms with Crippen LogP contribution in [0.2, 0.25) is 0 Å². The molecule has 1 aromatic rings. The van der Waals surface area contributed by atoms with Crippen molar-refractivity contribution >= 4 is 0 Å². The Morgan fingerprint density at radius 3 is 3.05 bits per heavy atom. The van der Waals surface area contributed by atoms with Gasteiger partial charge in [0.1, 0.15) is 11.9 Å². The van der Waals surface area contributed by atoms with Crippen molar-refractivity contribution in [2.45, 2.75) is 19.0 Å². The van der Waals surface area contributed by atoms with Crippen molar-refractivity contribution in [3.63, 3.8) is 0 Å². The SMILES string of the molecule is Cc1c(C2CN3CCNCC3CN2)ccc(F)c1C#N. The molecule has 0 amide bonds. The van der Waals surface area contributed by atoms with Crippen LogP contribution in [0, 0.1) is 24.1 Å². The van der Waals surface area contributed by atoms with Gasteiger partial charge in [0.2, 0.25) is 0 Å². The first-order valence-electron chi connectivity index (χ1n) is 7.08. The minimum absolute atomic E-state index is 0.173. The fourth-order valence-electron chi connectivity index (χ4n) is 3.24. The first-order valence-corrected chi connectivity index (χ1v) is 7.08. The van der Waals surface area contributed by atoms with Crippen LogP contribution >= 0.6 is 0 Å². The molecule has 3 rings (SSSR count). The molecule has 2 atom stereocenters. The van der Waals surface area contributed by atoms with Gasteiger partial charge in [0.15, 0.2) is 0 Å². The molecular formula is C15H19FN4. The molecule has 0 spiro atoms. The molecule has 1 aromatic carbocycles. The Balaban J connectivity index is 1.85. The maximum atomic E-state index is 13.6. The molecule has 0 aliphatic carbocycles. The van der Waals surface area contributed by atoms with Crippen LogP contribution in [0.5, 0.6) is 0 Å². The molecule has 2 saturated heterocycles. The summed E-state index contributed by atoms with van der Waals surface area (Å²) in [5.41, 5.74) is 1.98. The summed E-state index contributed by atoms with van der Waals surface area (Å²) in [7, 11) is 0. The molecule has 2 N–H and O–H groups in total. The molecule has 4 nitrogen and oxygen atoms in total. The Kier molecular flexibility index (Phi) is 3.70. The van der Waals surface area contributed by atoms with Gasteiger partial charge in [-0.3, -0.25) is 4.90 Å². The summed E-state index contributed by atoms with van der Waals surface area (Å²) in [6.45, 7) is 6.78. The molecule has 2 fully saturated rings. The highest BCUT2D eigenvalue weighted by Crippen LogP contribution is 2.26. The number of nitriles is 1. The normalized spacial score (nSPS) is 26.9. The summed E-state index contributed by atoms with van der Waals surface area (Å²) >= 11 is 0. The number of hydrogen-bond acceptors (Lipinski definition) is 4. The Morgan fingerprint density at radius 1 is 1.40 bits per heavy atom. The van der Waals surface area contributed by atoms with E-state index in [9.17, 15) is 4.39 Å². The van der Waals surface area contributed by atoms with Gasteiger partial charge in [0.05, 0.1) is 5.56 Å². The number of hydrogen-bond donors (Lipinski definition) is 2. The van der Waals surface area contributed by atoms with Crippen LogP contribution in [-0.2, 0) is 0 Å². The van der Waals surface area contributed by atoms with E-state index in [4.69, 9.17) is 5.26 Å². The largest absolute Gasteiger partial charge is 0.314 e. The predicted octanol–water partition coefficient (Wildman–Crippen LogP) is 0.924. The van der Waals surface area contributed by atoms with E-state index in [2.05, 4.69) is 15.5 Å². The number of fused-ring (bicyclic) bond motifs is 1. The lowest BCUT2D eigenvalue weighted by molar-refractivity contribution is 0.106. The van der Waals surface area contributed by atoms with Gasteiger partial charge >= 0.3 is 0 Å². The zero-order chi connectivity index (χ0) is 14.1. The molecule has 2 aliphatic heterocycles. The lowest BCUT2D eigenvalue weighted by atomic mass is 9.94. The minimum atomic E-state index is -0.426. The van der Waals surface area contributed by atoms with Crippen LogP contribution in [0.25, 0.3) is 0 Å². The summed E-state index contributed by atoms with van der Waals surface area (Å²) in [6, 6.07) is 5.91. The Bertz CT molecular complexity index is 552. The maximum absolute atomic E-state index is 13.6. The second-order valence-corrected chi connectivity index (χ2v) is 5.56. The van der Waals surface area contributed by atoms with Crippen molar-refractivity contribution in [1.29, 1.82) is 5.26 Å². The molecule has 5 heteroatoms. The third kappa shape index (κ3) is 2.31. The van der Waals surface area contributed by atoms with Crippen molar-refractivity contribution in [2.24, 2.45) is 0 Å². The average molecular weight is 274 g/mol. The fraction of sp³-hybridized carbons (Fsp3) is 0.533. The van der Waals surface area contributed by atoms with Gasteiger partial charge in [-0.1, -0.05) is 6.07 Å². The van der Waals surface area contributed by atoms with Gasteiger partial charge < -0.3 is 10.6 Å². The zero-order valence-corrected chi connectivity index (χ0v) is 11.6. The van der Waals surface area contributed by atoms with E-state index in [1.165, 1.54) is 6.07 Å². The molecule has 0 bridgehead atoms. The van der Waals surface area contributed by atoms with Crippen LogP contribution in [0.4, 0.5) is 4.39 Å². The van der Waals surface area contributed by atoms with Gasteiger partial charge in [-0.2, -0.15) is 5.26 Å². The zero-order valence-electron chi connectivity index (χ0n) is 11.6. The Labute approximate surface area is 118 Å². The van der Waals surface area contributed by atoms with E-state index in [-0.39, 0.29) is 11.6 Å². The molecular weight excluding hydrogens is 255 g/mol. The third-order valence-corrected chi connectivity index (χ3v) is 4.43. The molecule has 2 unspecified atom stereocenters. The number of nitrogens with one attached hydrogen (secondary N) is 2. The first-order chi connectivity index (χ1) is 9.70. The second-order valence-electron chi connectivity index (χ2n) is 5.56. The number of rotatable bonds is 1. The van der Waals surface area contributed by atoms with E-state index in [1.807, 2.05) is 19.1 Å². The van der Waals surface area contributed by atoms with Crippen LogP contribution in [0.1, 0.15) is 22.7 Å². The highest BCUT2D eigenvalue weighted by molar-refractivity contribution is 5.44. The number of nitrogens with zero attached hydrogens (tertiary/aromatic N) is 2. The standard InChI is InChI=1S/C15H19FN4/c1-10-12(2-3-14(16)13(10)6-17)15-9-20-5-4-18-7-11(20)8-19-15/h2-3,11,15,18-19H,4-5,7-9H2,1H3. The fourth-order valence-corrected chi connectivity index (χ4v) is 3.24. The van der Waals surface area contributed by atoms with Gasteiger partial charge in [0.25, 0.3) is 0 Å². The maximum Gasteiger partial charge on any atom is 0.141 e. The minimum Gasteiger partial charge on any atom is -0.314 e. The lowest BCUT2D eigenvalue weighted by Crippen LogP contribution is -2.60. The Hall–Kier alpha value is -1.48. The highest BCUT2D eigenvalue weighted by atomic mass is 19.1. The molecule has 0 aromatic heterocycles. The molecule has 0 radical (unpaired) electrons. The summed E-state index contributed by atoms with van der Waals surface area (Å²) in [4.78, 5) is 2.48. The van der Waals surface area contributed by atoms with E-state index in [0.717, 1.165) is 43.9 Å². The molecule has 0 saturated carbocycles. The van der Waals surface area contributed by atoms with Crippen molar-refractivity contribution in [2.75, 3.05) is 32.7 Å². The van der Waals surface area contributed by atoms with E-state index in [1.54, 1.807) is 0 Å². The quantitative estimate of drug-likeness (QED) is 0.800. The van der Waals surface area contributed by atoms with Crippen LogP contribution in [0.3, 0.4) is 0 Å². The van der Waals surface area contributed by atoms with Crippen LogP contribution in [0.15, 0.2) is 12.1 Å². The summed E-state index contributed by atoms with van der Waals surface area (Å²) in [5.74, 6) is -0.426. The van der Waals surface area contributed by atoms with Gasteiger partial charge in [0, 0.05) is 44.8 Å². The van der Waals surface area contributed by atoms with Crippen molar-refractivity contribution in [3.8, 4) is 6.07 Å². The predicted molar refractivity (Wildman–Crippen MR) is 74.8 cm³/mol. The number of piperazine rings is 2. The average Bonchev–Trinajstić information content (AvgIpc) is 2.47.